The molecular formula is C14H19ClN4O2. The number of aryl methyl sites for hydroxylation is 2. The maximum Gasteiger partial charge on any atom is 0.318 e. The first-order valence-electron chi connectivity index (χ1n) is 6.89. The Labute approximate surface area is 128 Å². The van der Waals surface area contributed by atoms with Gasteiger partial charge >= 0.3 is 11.1 Å². The molecule has 1 saturated heterocycles. The Morgan fingerprint density at radius 3 is 2.57 bits per heavy atom. The molecule has 1 N–H and O–H groups in total. The van der Waals surface area contributed by atoms with Crippen LogP contribution in [0, 0.1) is 6.92 Å². The Kier molecular flexibility index (Phi) is 4.49. The monoisotopic (exact) mass is 310 g/mol. The first kappa shape index (κ1) is 15.7. The van der Waals surface area contributed by atoms with Crippen molar-refractivity contribution in [2.45, 2.75) is 25.8 Å². The highest BCUT2D eigenvalue weighted by Gasteiger charge is 2.22. The second kappa shape index (κ2) is 5.99. The van der Waals surface area contributed by atoms with E-state index in [1.165, 1.54) is 4.57 Å². The molecule has 1 fully saturated rings. The largest absolute Gasteiger partial charge is 0.318 e. The van der Waals surface area contributed by atoms with Crippen LogP contribution < -0.4 is 16.4 Å². The van der Waals surface area contributed by atoms with Crippen LogP contribution in [-0.2, 0) is 7.05 Å². The lowest BCUT2D eigenvalue weighted by atomic mass is 10.1. The molecular weight excluding hydrogens is 292 g/mol. The van der Waals surface area contributed by atoms with E-state index in [9.17, 15) is 9.59 Å². The minimum Gasteiger partial charge on any atom is -0.317 e. The van der Waals surface area contributed by atoms with Gasteiger partial charge in [0.2, 0.25) is 0 Å². The van der Waals surface area contributed by atoms with Crippen LogP contribution in [0.15, 0.2) is 21.9 Å². The van der Waals surface area contributed by atoms with E-state index in [1.807, 2.05) is 13.0 Å². The summed E-state index contributed by atoms with van der Waals surface area (Å²) in [4.78, 5) is 28.9. The zero-order valence-electron chi connectivity index (χ0n) is 12.1. The maximum absolute atomic E-state index is 12.4. The minimum atomic E-state index is -0.480. The van der Waals surface area contributed by atoms with Gasteiger partial charge in [0.1, 0.15) is 0 Å². The van der Waals surface area contributed by atoms with Gasteiger partial charge < -0.3 is 9.88 Å². The fourth-order valence-corrected chi connectivity index (χ4v) is 2.97. The molecule has 1 aliphatic heterocycles. The van der Waals surface area contributed by atoms with Gasteiger partial charge in [-0.2, -0.15) is 0 Å². The predicted molar refractivity (Wildman–Crippen MR) is 84.4 cm³/mol. The van der Waals surface area contributed by atoms with Gasteiger partial charge in [-0.25, -0.2) is 4.98 Å². The first-order valence-corrected chi connectivity index (χ1v) is 6.89. The van der Waals surface area contributed by atoms with E-state index >= 15 is 0 Å². The average Bonchev–Trinajstić information content (AvgIpc) is 2.46. The molecule has 7 heteroatoms. The molecule has 0 amide bonds. The van der Waals surface area contributed by atoms with E-state index in [-0.39, 0.29) is 18.4 Å². The normalized spacial score (nSPS) is 15.9. The summed E-state index contributed by atoms with van der Waals surface area (Å²) >= 11 is 0. The number of nitrogens with one attached hydrogen (secondary N) is 1. The Morgan fingerprint density at radius 2 is 1.90 bits per heavy atom. The molecule has 0 aliphatic carbocycles. The first-order chi connectivity index (χ1) is 9.61. The van der Waals surface area contributed by atoms with Crippen molar-refractivity contribution in [3.63, 3.8) is 0 Å². The average molecular weight is 311 g/mol. The van der Waals surface area contributed by atoms with E-state index in [4.69, 9.17) is 0 Å². The third kappa shape index (κ3) is 2.49. The summed E-state index contributed by atoms with van der Waals surface area (Å²) in [5, 5.41) is 3.27. The van der Waals surface area contributed by atoms with E-state index in [0.717, 1.165) is 37.0 Å². The van der Waals surface area contributed by atoms with E-state index in [1.54, 1.807) is 17.8 Å². The third-order valence-electron chi connectivity index (χ3n) is 4.05. The summed E-state index contributed by atoms with van der Waals surface area (Å²) in [6.45, 7) is 3.65. The molecule has 0 atom stereocenters. The van der Waals surface area contributed by atoms with Crippen molar-refractivity contribution in [1.29, 1.82) is 0 Å². The number of pyridine rings is 1. The minimum absolute atomic E-state index is 0. The number of aromatic nitrogens is 3. The highest BCUT2D eigenvalue weighted by atomic mass is 35.5. The molecule has 114 valence electrons. The van der Waals surface area contributed by atoms with Crippen molar-refractivity contribution in [3.05, 3.63) is 38.5 Å². The van der Waals surface area contributed by atoms with Crippen LogP contribution in [0.25, 0.3) is 11.2 Å². The van der Waals surface area contributed by atoms with E-state index in [0.29, 0.717) is 5.65 Å². The molecule has 0 radical (unpaired) electrons. The van der Waals surface area contributed by atoms with Gasteiger partial charge in [0.15, 0.2) is 5.65 Å². The Morgan fingerprint density at radius 1 is 1.24 bits per heavy atom. The molecule has 1 aliphatic rings. The van der Waals surface area contributed by atoms with Crippen molar-refractivity contribution in [1.82, 2.24) is 19.4 Å². The lowest BCUT2D eigenvalue weighted by Gasteiger charge is -2.26. The molecule has 3 heterocycles. The van der Waals surface area contributed by atoms with Gasteiger partial charge in [0, 0.05) is 19.3 Å². The molecule has 0 spiro atoms. The second-order valence-corrected chi connectivity index (χ2v) is 5.32. The van der Waals surface area contributed by atoms with E-state index in [2.05, 4.69) is 10.3 Å². The fraction of sp³-hybridized carbons (Fsp3) is 0.500. The molecule has 2 aromatic heterocycles. The van der Waals surface area contributed by atoms with Gasteiger partial charge in [-0.1, -0.05) is 0 Å². The van der Waals surface area contributed by atoms with Crippen LogP contribution >= 0.6 is 12.4 Å². The standard InChI is InChI=1S/C14H18N4O2.ClH/c1-9-3-8-16-12-11(9)17(2)13(19)14(20)18(12)10-4-6-15-7-5-10;/h3,8,10,15H,4-7H2,1-2H3;1H. The number of rotatable bonds is 1. The Hall–Kier alpha value is -1.66. The summed E-state index contributed by atoms with van der Waals surface area (Å²) in [6, 6.07) is 1.91. The molecule has 0 saturated carbocycles. The van der Waals surface area contributed by atoms with Gasteiger partial charge in [0.25, 0.3) is 0 Å². The van der Waals surface area contributed by atoms with Crippen molar-refractivity contribution in [3.8, 4) is 0 Å². The topological polar surface area (TPSA) is 68.9 Å². The number of halogens is 1. The van der Waals surface area contributed by atoms with Gasteiger partial charge in [-0.3, -0.25) is 14.2 Å². The van der Waals surface area contributed by atoms with Crippen molar-refractivity contribution >= 4 is 23.6 Å². The van der Waals surface area contributed by atoms with E-state index < -0.39 is 11.1 Å². The number of hydrogen-bond acceptors (Lipinski definition) is 4. The number of fused-ring (bicyclic) bond motifs is 1. The molecule has 0 bridgehead atoms. The van der Waals surface area contributed by atoms with Crippen LogP contribution in [-0.4, -0.2) is 27.2 Å². The number of hydrogen-bond donors (Lipinski definition) is 1. The summed E-state index contributed by atoms with van der Waals surface area (Å²) in [7, 11) is 1.63. The van der Waals surface area contributed by atoms with Crippen LogP contribution in [0.1, 0.15) is 24.4 Å². The molecule has 6 nitrogen and oxygen atoms in total. The highest BCUT2D eigenvalue weighted by molar-refractivity contribution is 5.85. The number of piperidine rings is 1. The zero-order valence-corrected chi connectivity index (χ0v) is 12.9. The molecule has 21 heavy (non-hydrogen) atoms. The summed E-state index contributed by atoms with van der Waals surface area (Å²) in [6.07, 6.45) is 3.38. The SMILES string of the molecule is Cc1ccnc2c1n(C)c(=O)c(=O)n2C1CCNCC1.Cl. The van der Waals surface area contributed by atoms with Gasteiger partial charge in [-0.05, 0) is 44.5 Å². The number of nitrogens with zero attached hydrogens (tertiary/aromatic N) is 3. The summed E-state index contributed by atoms with van der Waals surface area (Å²) in [5.74, 6) is 0. The van der Waals surface area contributed by atoms with Crippen LogP contribution in [0.3, 0.4) is 0 Å². The smallest absolute Gasteiger partial charge is 0.317 e. The Bertz CT molecular complexity index is 775. The van der Waals surface area contributed by atoms with Crippen LogP contribution in [0.4, 0.5) is 0 Å². The third-order valence-corrected chi connectivity index (χ3v) is 4.05. The van der Waals surface area contributed by atoms with Gasteiger partial charge in [-0.15, -0.1) is 12.4 Å². The van der Waals surface area contributed by atoms with Crippen molar-refractivity contribution in [2.75, 3.05) is 13.1 Å². The highest BCUT2D eigenvalue weighted by Crippen LogP contribution is 2.21. The maximum atomic E-state index is 12.4. The van der Waals surface area contributed by atoms with Gasteiger partial charge in [0.05, 0.1) is 5.52 Å². The molecule has 0 aromatic carbocycles. The lowest BCUT2D eigenvalue weighted by molar-refractivity contribution is 0.365. The Balaban J connectivity index is 0.00000161. The quantitative estimate of drug-likeness (QED) is 0.789. The summed E-state index contributed by atoms with van der Waals surface area (Å²) in [5.41, 5.74) is 1.37. The van der Waals surface area contributed by atoms with Crippen LogP contribution in [0.5, 0.6) is 0 Å². The predicted octanol–water partition coefficient (Wildman–Crippen LogP) is 0.750. The molecule has 3 rings (SSSR count). The molecule has 0 unspecified atom stereocenters. The van der Waals surface area contributed by atoms with Crippen LogP contribution in [0.2, 0.25) is 0 Å². The fourth-order valence-electron chi connectivity index (χ4n) is 2.97. The molecule has 2 aromatic rings. The lowest BCUT2D eigenvalue weighted by Crippen LogP contribution is -2.44. The van der Waals surface area contributed by atoms with Crippen molar-refractivity contribution < 1.29 is 0 Å². The van der Waals surface area contributed by atoms with Crippen molar-refractivity contribution in [2.24, 2.45) is 7.05 Å². The zero-order chi connectivity index (χ0) is 14.3. The second-order valence-electron chi connectivity index (χ2n) is 5.32. The summed E-state index contributed by atoms with van der Waals surface area (Å²) < 4.78 is 3.02.